The van der Waals surface area contributed by atoms with Crippen LogP contribution in [0.4, 0.5) is 5.69 Å². The molecule has 2 aromatic carbocycles. The number of ether oxygens (including phenoxy) is 2. The molecule has 1 saturated carbocycles. The molecule has 34 heavy (non-hydrogen) atoms. The predicted octanol–water partition coefficient (Wildman–Crippen LogP) is 3.97. The fraction of sp³-hybridized carbons (Fsp3) is 0.391. The summed E-state index contributed by atoms with van der Waals surface area (Å²) in [6, 6.07) is 11.3. The van der Waals surface area contributed by atoms with Crippen LogP contribution >= 0.6 is 23.2 Å². The summed E-state index contributed by atoms with van der Waals surface area (Å²) < 4.78 is 10.9. The van der Waals surface area contributed by atoms with Crippen molar-refractivity contribution < 1.29 is 28.8 Å². The van der Waals surface area contributed by atoms with Crippen molar-refractivity contribution in [2.24, 2.45) is 0 Å². The number of carbonyl (C=O) groups excluding carboxylic acids is 2. The molecule has 2 amide bonds. The van der Waals surface area contributed by atoms with E-state index in [0.717, 1.165) is 25.7 Å². The van der Waals surface area contributed by atoms with E-state index in [9.17, 15) is 14.5 Å². The van der Waals surface area contributed by atoms with Crippen LogP contribution in [-0.4, -0.2) is 49.1 Å². The van der Waals surface area contributed by atoms with Crippen LogP contribution in [0.5, 0.6) is 11.5 Å². The van der Waals surface area contributed by atoms with Crippen LogP contribution < -0.4 is 20.1 Å². The fourth-order valence-electron chi connectivity index (χ4n) is 3.57. The van der Waals surface area contributed by atoms with Gasteiger partial charge in [-0.1, -0.05) is 23.2 Å². The molecule has 0 unspecified atom stereocenters. The number of nitrogens with one attached hydrogen (secondary N) is 2. The van der Waals surface area contributed by atoms with Gasteiger partial charge in [-0.15, -0.1) is 0 Å². The van der Waals surface area contributed by atoms with Gasteiger partial charge in [0.2, 0.25) is 0 Å². The number of hydrogen-bond donors (Lipinski definition) is 2. The molecule has 1 aliphatic carbocycles. The second kappa shape index (κ2) is 12.4. The Balaban J connectivity index is 1.35. The van der Waals surface area contributed by atoms with Crippen molar-refractivity contribution >= 4 is 40.7 Å². The number of benzene rings is 2. The van der Waals surface area contributed by atoms with Gasteiger partial charge in [-0.2, -0.15) is 0 Å². The molecule has 1 aliphatic rings. The van der Waals surface area contributed by atoms with Gasteiger partial charge in [0.15, 0.2) is 20.3 Å². The summed E-state index contributed by atoms with van der Waals surface area (Å²) in [6.07, 6.45) is 2.96. The van der Waals surface area contributed by atoms with E-state index >= 15 is 0 Å². The molecule has 182 valence electrons. The Morgan fingerprint density at radius 2 is 1.38 bits per heavy atom. The van der Waals surface area contributed by atoms with Crippen LogP contribution in [0, 0.1) is 4.91 Å². The first kappa shape index (κ1) is 25.6. The van der Waals surface area contributed by atoms with Crippen LogP contribution in [0.25, 0.3) is 0 Å². The number of amides is 2. The average molecular weight is 511 g/mol. The van der Waals surface area contributed by atoms with Crippen LogP contribution in [0.2, 0.25) is 10.0 Å². The van der Waals surface area contributed by atoms with Crippen LogP contribution in [0.15, 0.2) is 42.5 Å². The van der Waals surface area contributed by atoms with Gasteiger partial charge >= 0.3 is 5.69 Å². The highest BCUT2D eigenvalue weighted by atomic mass is 35.5. The third-order valence-electron chi connectivity index (χ3n) is 5.29. The molecule has 0 aliphatic heterocycles. The number of rotatable bonds is 10. The lowest BCUT2D eigenvalue weighted by molar-refractivity contribution is -0.736. The first-order valence-electron chi connectivity index (χ1n) is 10.7. The van der Waals surface area contributed by atoms with Crippen LogP contribution in [-0.2, 0) is 14.4 Å². The molecular weight excluding hydrogens is 485 g/mol. The highest BCUT2D eigenvalue weighted by Crippen LogP contribution is 2.29. The Hall–Kier alpha value is -3.04. The van der Waals surface area contributed by atoms with Crippen molar-refractivity contribution in [1.29, 1.82) is 0 Å². The van der Waals surface area contributed by atoms with Gasteiger partial charge in [0.05, 0.1) is 11.0 Å². The first-order chi connectivity index (χ1) is 16.3. The fourth-order valence-corrected chi connectivity index (χ4v) is 3.88. The van der Waals surface area contributed by atoms with Crippen molar-refractivity contribution in [3.05, 3.63) is 57.4 Å². The molecule has 2 aromatic rings. The summed E-state index contributed by atoms with van der Waals surface area (Å²) in [7, 11) is 1.22. The van der Waals surface area contributed by atoms with Gasteiger partial charge in [0.1, 0.15) is 16.5 Å². The number of nitrogens with zero attached hydrogens (tertiary/aromatic N) is 1. The van der Waals surface area contributed by atoms with E-state index in [0.29, 0.717) is 16.5 Å². The van der Waals surface area contributed by atoms with Gasteiger partial charge in [-0.05, 0) is 62.1 Å². The highest BCUT2D eigenvalue weighted by Gasteiger charge is 2.24. The van der Waals surface area contributed by atoms with Crippen molar-refractivity contribution in [1.82, 2.24) is 10.6 Å². The Kier molecular flexibility index (Phi) is 9.35. The second-order valence-corrected chi connectivity index (χ2v) is 8.61. The molecule has 0 spiro atoms. The largest absolute Gasteiger partial charge is 0.484 e. The van der Waals surface area contributed by atoms with E-state index in [-0.39, 0.29) is 52.7 Å². The molecule has 0 radical (unpaired) electrons. The monoisotopic (exact) mass is 510 g/mol. The molecule has 11 heteroatoms. The van der Waals surface area contributed by atoms with Gasteiger partial charge in [-0.3, -0.25) is 9.59 Å². The lowest BCUT2D eigenvalue weighted by Gasteiger charge is -2.29. The Bertz CT molecular complexity index is 1010. The van der Waals surface area contributed by atoms with Gasteiger partial charge in [0, 0.05) is 17.1 Å². The van der Waals surface area contributed by atoms with E-state index in [2.05, 4.69) is 15.5 Å². The normalized spacial score (nSPS) is 17.4. The molecule has 0 saturated heterocycles. The summed E-state index contributed by atoms with van der Waals surface area (Å²) in [6.45, 7) is -0.276. The summed E-state index contributed by atoms with van der Waals surface area (Å²) in [4.78, 5) is 40.9. The zero-order chi connectivity index (χ0) is 24.5. The number of halogens is 2. The zero-order valence-corrected chi connectivity index (χ0v) is 20.1. The summed E-state index contributed by atoms with van der Waals surface area (Å²) in [5, 5.41) is 6.71. The molecule has 9 nitrogen and oxygen atoms in total. The van der Waals surface area contributed by atoms with Gasteiger partial charge in [0.25, 0.3) is 16.7 Å². The second-order valence-electron chi connectivity index (χ2n) is 7.77. The lowest BCUT2D eigenvalue weighted by atomic mass is 9.91. The number of carbonyl (C=O) groups is 2. The SMILES string of the molecule is CO[N+](=O)c1cc(OCC(=O)NC2CCC(NC(=O)COc3ccc(Cl)cc3)CC2)ccc1Cl. The van der Waals surface area contributed by atoms with Crippen LogP contribution in [0.3, 0.4) is 0 Å². The standard InChI is InChI=1S/C23H25Cl2N3O6/c1-32-28(31)21-12-19(10-11-20(21)25)34-14-23(30)27-17-6-4-16(5-7-17)26-22(29)13-33-18-8-2-15(24)3-9-18/h2-3,8-12,16-17H,4-7,13-14H2,1H3,(H-,26,27,29,30)/p+1. The lowest BCUT2D eigenvalue weighted by Crippen LogP contribution is -2.45. The van der Waals surface area contributed by atoms with E-state index < -0.39 is 0 Å². The summed E-state index contributed by atoms with van der Waals surface area (Å²) in [5.74, 6) is 0.432. The smallest absolute Gasteiger partial charge is 0.338 e. The summed E-state index contributed by atoms with van der Waals surface area (Å²) >= 11 is 11.8. The van der Waals surface area contributed by atoms with Gasteiger partial charge < -0.3 is 20.1 Å². The molecule has 0 bridgehead atoms. The Labute approximate surface area is 207 Å². The maximum atomic E-state index is 12.3. The van der Waals surface area contributed by atoms with Crippen LogP contribution in [0.1, 0.15) is 25.7 Å². The Morgan fingerprint density at radius 1 is 0.882 bits per heavy atom. The van der Waals surface area contributed by atoms with Crippen molar-refractivity contribution in [2.75, 3.05) is 20.3 Å². The molecule has 0 aromatic heterocycles. The number of hydrogen-bond acceptors (Lipinski definition) is 6. The third kappa shape index (κ3) is 7.78. The minimum absolute atomic E-state index is 0.000901. The maximum Gasteiger partial charge on any atom is 0.338 e. The minimum Gasteiger partial charge on any atom is -0.484 e. The predicted molar refractivity (Wildman–Crippen MR) is 127 cm³/mol. The zero-order valence-electron chi connectivity index (χ0n) is 18.6. The molecular formula is C23H26Cl2N3O6+. The van der Waals surface area contributed by atoms with Crippen molar-refractivity contribution in [3.8, 4) is 11.5 Å². The average Bonchev–Trinajstić information content (AvgIpc) is 2.84. The molecule has 0 heterocycles. The van der Waals surface area contributed by atoms with Gasteiger partial charge in [-0.25, -0.2) is 4.84 Å². The highest BCUT2D eigenvalue weighted by molar-refractivity contribution is 6.32. The van der Waals surface area contributed by atoms with Crippen molar-refractivity contribution in [3.63, 3.8) is 0 Å². The Morgan fingerprint density at radius 3 is 1.91 bits per heavy atom. The topological polar surface area (TPSA) is 106 Å². The molecule has 2 N–H and O–H groups in total. The molecule has 1 fully saturated rings. The summed E-state index contributed by atoms with van der Waals surface area (Å²) in [5.41, 5.74) is 0.0843. The molecule has 0 atom stereocenters. The van der Waals surface area contributed by atoms with E-state index in [1.54, 1.807) is 30.3 Å². The van der Waals surface area contributed by atoms with E-state index in [1.807, 2.05) is 0 Å². The van der Waals surface area contributed by atoms with E-state index in [1.165, 1.54) is 19.2 Å². The quantitative estimate of drug-likeness (QED) is 0.468. The maximum absolute atomic E-state index is 12.3. The minimum atomic E-state index is -0.272. The van der Waals surface area contributed by atoms with E-state index in [4.69, 9.17) is 32.7 Å². The van der Waals surface area contributed by atoms with Crippen molar-refractivity contribution in [2.45, 2.75) is 37.8 Å². The molecule has 3 rings (SSSR count). The third-order valence-corrected chi connectivity index (χ3v) is 5.86. The first-order valence-corrected chi connectivity index (χ1v) is 11.5.